The summed E-state index contributed by atoms with van der Waals surface area (Å²) < 4.78 is 5.17. The minimum Gasteiger partial charge on any atom is -0.473 e. The standard InChI is InChI=1S/C10H16N4O3/c1-4-6-11-10-12-7(3)8(14(15)16)9(13-10)17-5-2/h4-6H2,1-3H3,(H,11,12,13). The number of aromatic nitrogens is 2. The van der Waals surface area contributed by atoms with Gasteiger partial charge in [0.05, 0.1) is 11.5 Å². The van der Waals surface area contributed by atoms with Gasteiger partial charge in [-0.1, -0.05) is 6.92 Å². The highest BCUT2D eigenvalue weighted by molar-refractivity contribution is 5.48. The molecule has 1 aromatic rings. The molecule has 1 heterocycles. The number of nitro groups is 1. The summed E-state index contributed by atoms with van der Waals surface area (Å²) in [4.78, 5) is 18.4. The lowest BCUT2D eigenvalue weighted by Gasteiger charge is -2.08. The molecule has 7 nitrogen and oxygen atoms in total. The number of hydrogen-bond donors (Lipinski definition) is 1. The van der Waals surface area contributed by atoms with E-state index in [1.807, 2.05) is 6.92 Å². The molecule has 0 saturated heterocycles. The lowest BCUT2D eigenvalue weighted by molar-refractivity contribution is -0.387. The van der Waals surface area contributed by atoms with Gasteiger partial charge in [0.2, 0.25) is 5.95 Å². The summed E-state index contributed by atoms with van der Waals surface area (Å²) >= 11 is 0. The van der Waals surface area contributed by atoms with E-state index in [0.29, 0.717) is 24.8 Å². The van der Waals surface area contributed by atoms with Crippen LogP contribution < -0.4 is 10.1 Å². The van der Waals surface area contributed by atoms with Crippen LogP contribution in [0.1, 0.15) is 26.0 Å². The fraction of sp³-hybridized carbons (Fsp3) is 0.600. The molecule has 17 heavy (non-hydrogen) atoms. The van der Waals surface area contributed by atoms with Crippen LogP contribution in [0.15, 0.2) is 0 Å². The highest BCUT2D eigenvalue weighted by Crippen LogP contribution is 2.28. The van der Waals surface area contributed by atoms with Crippen LogP contribution in [-0.4, -0.2) is 28.0 Å². The quantitative estimate of drug-likeness (QED) is 0.603. The van der Waals surface area contributed by atoms with Crippen molar-refractivity contribution < 1.29 is 9.66 Å². The first-order chi connectivity index (χ1) is 8.10. The lowest BCUT2D eigenvalue weighted by Crippen LogP contribution is -2.09. The maximum atomic E-state index is 10.9. The van der Waals surface area contributed by atoms with Crippen LogP contribution in [0.2, 0.25) is 0 Å². The molecule has 0 amide bonds. The number of ether oxygens (including phenoxy) is 1. The summed E-state index contributed by atoms with van der Waals surface area (Å²) in [6.45, 7) is 6.36. The van der Waals surface area contributed by atoms with Crippen LogP contribution in [0.4, 0.5) is 11.6 Å². The third-order valence-corrected chi connectivity index (χ3v) is 2.02. The first kappa shape index (κ1) is 13.1. The van der Waals surface area contributed by atoms with Gasteiger partial charge < -0.3 is 10.1 Å². The highest BCUT2D eigenvalue weighted by Gasteiger charge is 2.23. The second-order valence-corrected chi connectivity index (χ2v) is 3.40. The Morgan fingerprint density at radius 3 is 2.65 bits per heavy atom. The van der Waals surface area contributed by atoms with Gasteiger partial charge in [-0.05, 0) is 20.3 Å². The van der Waals surface area contributed by atoms with Gasteiger partial charge in [0.25, 0.3) is 5.88 Å². The number of aryl methyl sites for hydroxylation is 1. The van der Waals surface area contributed by atoms with Crippen LogP contribution in [0.25, 0.3) is 0 Å². The summed E-state index contributed by atoms with van der Waals surface area (Å²) in [5.74, 6) is 0.377. The fourth-order valence-corrected chi connectivity index (χ4v) is 1.30. The molecule has 0 radical (unpaired) electrons. The molecule has 1 aromatic heterocycles. The maximum absolute atomic E-state index is 10.9. The minimum atomic E-state index is -0.524. The Balaban J connectivity index is 3.11. The minimum absolute atomic E-state index is 0.0172. The van der Waals surface area contributed by atoms with Crippen molar-refractivity contribution in [2.75, 3.05) is 18.5 Å². The number of nitrogens with zero attached hydrogens (tertiary/aromatic N) is 3. The monoisotopic (exact) mass is 240 g/mol. The SMILES string of the molecule is CCCNc1nc(C)c([N+](=O)[O-])c(OCC)n1. The van der Waals surface area contributed by atoms with Gasteiger partial charge in [-0.25, -0.2) is 4.98 Å². The molecule has 0 aromatic carbocycles. The Kier molecular flexibility index (Phi) is 4.62. The van der Waals surface area contributed by atoms with E-state index < -0.39 is 4.92 Å². The predicted molar refractivity (Wildman–Crippen MR) is 63.4 cm³/mol. The van der Waals surface area contributed by atoms with E-state index in [-0.39, 0.29) is 11.6 Å². The molecule has 0 fully saturated rings. The highest BCUT2D eigenvalue weighted by atomic mass is 16.6. The molecule has 7 heteroatoms. The van der Waals surface area contributed by atoms with Crippen molar-refractivity contribution in [3.63, 3.8) is 0 Å². The zero-order chi connectivity index (χ0) is 12.8. The summed E-state index contributed by atoms with van der Waals surface area (Å²) in [6, 6.07) is 0. The van der Waals surface area contributed by atoms with E-state index >= 15 is 0 Å². The van der Waals surface area contributed by atoms with Gasteiger partial charge in [0, 0.05) is 6.54 Å². The van der Waals surface area contributed by atoms with Crippen molar-refractivity contribution in [1.29, 1.82) is 0 Å². The Hall–Kier alpha value is -1.92. The van der Waals surface area contributed by atoms with Crippen LogP contribution >= 0.6 is 0 Å². The molecule has 0 aliphatic heterocycles. The molecule has 0 saturated carbocycles. The molecular formula is C10H16N4O3. The summed E-state index contributed by atoms with van der Waals surface area (Å²) in [7, 11) is 0. The van der Waals surface area contributed by atoms with Crippen LogP contribution in [0.5, 0.6) is 5.88 Å². The average Bonchev–Trinajstić information content (AvgIpc) is 2.25. The van der Waals surface area contributed by atoms with Gasteiger partial charge in [0.15, 0.2) is 0 Å². The second kappa shape index (κ2) is 5.97. The molecule has 0 aliphatic rings. The Morgan fingerprint density at radius 2 is 2.12 bits per heavy atom. The summed E-state index contributed by atoms with van der Waals surface area (Å²) in [5, 5.41) is 13.8. The van der Waals surface area contributed by atoms with Gasteiger partial charge in [-0.2, -0.15) is 4.98 Å². The molecule has 94 valence electrons. The molecule has 0 aliphatic carbocycles. The lowest BCUT2D eigenvalue weighted by atomic mass is 10.3. The van der Waals surface area contributed by atoms with Crippen molar-refractivity contribution in [1.82, 2.24) is 9.97 Å². The van der Waals surface area contributed by atoms with Crippen molar-refractivity contribution in [3.05, 3.63) is 15.8 Å². The molecular weight excluding hydrogens is 224 g/mol. The predicted octanol–water partition coefficient (Wildman–Crippen LogP) is 1.91. The van der Waals surface area contributed by atoms with Gasteiger partial charge in [-0.15, -0.1) is 0 Å². The number of nitrogens with one attached hydrogen (secondary N) is 1. The zero-order valence-electron chi connectivity index (χ0n) is 10.2. The number of hydrogen-bond acceptors (Lipinski definition) is 6. The molecule has 0 unspecified atom stereocenters. The maximum Gasteiger partial charge on any atom is 0.352 e. The topological polar surface area (TPSA) is 90.2 Å². The third-order valence-electron chi connectivity index (χ3n) is 2.02. The molecule has 1 rings (SSSR count). The van der Waals surface area contributed by atoms with E-state index in [1.165, 1.54) is 0 Å². The van der Waals surface area contributed by atoms with Crippen LogP contribution in [0, 0.1) is 17.0 Å². The summed E-state index contributed by atoms with van der Waals surface area (Å²) in [5.41, 5.74) is 0.126. The molecule has 1 N–H and O–H groups in total. The first-order valence-electron chi connectivity index (χ1n) is 5.49. The molecule has 0 spiro atoms. The smallest absolute Gasteiger partial charge is 0.352 e. The van der Waals surface area contributed by atoms with Crippen molar-refractivity contribution in [2.24, 2.45) is 0 Å². The third kappa shape index (κ3) is 3.27. The molecule has 0 atom stereocenters. The fourth-order valence-electron chi connectivity index (χ4n) is 1.30. The van der Waals surface area contributed by atoms with Gasteiger partial charge >= 0.3 is 5.69 Å². The second-order valence-electron chi connectivity index (χ2n) is 3.40. The largest absolute Gasteiger partial charge is 0.473 e. The van der Waals surface area contributed by atoms with E-state index in [9.17, 15) is 10.1 Å². The van der Waals surface area contributed by atoms with Crippen LogP contribution in [0.3, 0.4) is 0 Å². The van der Waals surface area contributed by atoms with Gasteiger partial charge in [-0.3, -0.25) is 10.1 Å². The summed E-state index contributed by atoms with van der Waals surface area (Å²) in [6.07, 6.45) is 0.920. The van der Waals surface area contributed by atoms with Crippen molar-refractivity contribution in [3.8, 4) is 5.88 Å². The van der Waals surface area contributed by atoms with Crippen molar-refractivity contribution in [2.45, 2.75) is 27.2 Å². The molecule has 0 bridgehead atoms. The normalized spacial score (nSPS) is 10.1. The first-order valence-corrected chi connectivity index (χ1v) is 5.49. The van der Waals surface area contributed by atoms with E-state index in [4.69, 9.17) is 4.74 Å². The van der Waals surface area contributed by atoms with Crippen LogP contribution in [-0.2, 0) is 0 Å². The Morgan fingerprint density at radius 1 is 1.41 bits per heavy atom. The van der Waals surface area contributed by atoms with E-state index in [2.05, 4.69) is 15.3 Å². The Bertz CT molecular complexity index is 409. The number of rotatable bonds is 6. The number of anilines is 1. The van der Waals surface area contributed by atoms with E-state index in [0.717, 1.165) is 6.42 Å². The zero-order valence-corrected chi connectivity index (χ0v) is 10.2. The van der Waals surface area contributed by atoms with Gasteiger partial charge in [0.1, 0.15) is 5.69 Å². The van der Waals surface area contributed by atoms with Crippen molar-refractivity contribution >= 4 is 11.6 Å². The Labute approximate surface area is 99.4 Å². The average molecular weight is 240 g/mol. The van der Waals surface area contributed by atoms with E-state index in [1.54, 1.807) is 13.8 Å².